The van der Waals surface area contributed by atoms with Gasteiger partial charge in [0.1, 0.15) is 11.4 Å². The predicted molar refractivity (Wildman–Crippen MR) is 112 cm³/mol. The number of ether oxygens (including phenoxy) is 2. The Bertz CT molecular complexity index is 1200. The second-order valence-electron chi connectivity index (χ2n) is 7.90. The van der Waals surface area contributed by atoms with Crippen molar-refractivity contribution >= 4 is 34.0 Å². The van der Waals surface area contributed by atoms with Crippen LogP contribution in [0, 0.1) is 0 Å². The van der Waals surface area contributed by atoms with Gasteiger partial charge in [0.2, 0.25) is 5.72 Å². The molecule has 0 N–H and O–H groups in total. The molecule has 6 nitrogen and oxygen atoms in total. The first-order chi connectivity index (χ1) is 13.9. The lowest BCUT2D eigenvalue weighted by atomic mass is 9.75. The number of hydrogen-bond acceptors (Lipinski definition) is 5. The van der Waals surface area contributed by atoms with E-state index in [1.807, 2.05) is 49.4 Å². The van der Waals surface area contributed by atoms with Crippen molar-refractivity contribution in [2.45, 2.75) is 31.9 Å². The molecule has 1 aromatic heterocycles. The average molecular weight is 387 g/mol. The van der Waals surface area contributed by atoms with Gasteiger partial charge in [-0.1, -0.05) is 18.2 Å². The SMILES string of the molecule is COC(=O)N1c2ccccc2C(C)(C)C12Oc1ccc3cnccc3c1N=C2C. The number of aromatic nitrogens is 1. The van der Waals surface area contributed by atoms with Crippen molar-refractivity contribution in [3.05, 3.63) is 60.4 Å². The van der Waals surface area contributed by atoms with Crippen LogP contribution in [-0.4, -0.2) is 29.6 Å². The van der Waals surface area contributed by atoms with Crippen LogP contribution in [0.4, 0.5) is 16.2 Å². The molecule has 0 saturated carbocycles. The molecule has 0 fully saturated rings. The van der Waals surface area contributed by atoms with Crippen LogP contribution in [0.25, 0.3) is 10.8 Å². The number of anilines is 1. The van der Waals surface area contributed by atoms with Gasteiger partial charge >= 0.3 is 6.09 Å². The summed E-state index contributed by atoms with van der Waals surface area (Å²) < 4.78 is 11.9. The molecule has 146 valence electrons. The van der Waals surface area contributed by atoms with Gasteiger partial charge in [0, 0.05) is 23.2 Å². The molecular weight excluding hydrogens is 366 g/mol. The molecule has 0 radical (unpaired) electrons. The van der Waals surface area contributed by atoms with Crippen LogP contribution < -0.4 is 9.64 Å². The highest BCUT2D eigenvalue weighted by Gasteiger charge is 2.65. The Labute approximate surface area is 168 Å². The third-order valence-electron chi connectivity index (χ3n) is 6.12. The summed E-state index contributed by atoms with van der Waals surface area (Å²) in [6, 6.07) is 13.6. The smallest absolute Gasteiger partial charge is 0.417 e. The summed E-state index contributed by atoms with van der Waals surface area (Å²) in [7, 11) is 1.38. The summed E-state index contributed by atoms with van der Waals surface area (Å²) in [5, 5.41) is 1.95. The average Bonchev–Trinajstić information content (AvgIpc) is 2.93. The summed E-state index contributed by atoms with van der Waals surface area (Å²) in [6.07, 6.45) is 3.07. The molecule has 0 aliphatic carbocycles. The number of carbonyl (C=O) groups is 1. The van der Waals surface area contributed by atoms with E-state index in [9.17, 15) is 4.79 Å². The molecule has 2 aliphatic heterocycles. The number of carbonyl (C=O) groups excluding carboxylic acids is 1. The first-order valence-corrected chi connectivity index (χ1v) is 9.51. The molecule has 2 aromatic carbocycles. The number of aliphatic imine (C=N–C) groups is 1. The molecule has 3 aromatic rings. The van der Waals surface area contributed by atoms with E-state index in [0.29, 0.717) is 11.5 Å². The van der Waals surface area contributed by atoms with Crippen LogP contribution >= 0.6 is 0 Å². The van der Waals surface area contributed by atoms with Crippen LogP contribution in [0.2, 0.25) is 0 Å². The number of methoxy groups -OCH3 is 1. The maximum atomic E-state index is 13.0. The quantitative estimate of drug-likeness (QED) is 0.546. The summed E-state index contributed by atoms with van der Waals surface area (Å²) in [5.74, 6) is 0.629. The summed E-state index contributed by atoms with van der Waals surface area (Å²) in [4.78, 5) is 23.7. The first-order valence-electron chi connectivity index (χ1n) is 9.51. The number of pyridine rings is 1. The van der Waals surface area contributed by atoms with Crippen molar-refractivity contribution in [2.75, 3.05) is 12.0 Å². The topological polar surface area (TPSA) is 64.0 Å². The van der Waals surface area contributed by atoms with Crippen molar-refractivity contribution in [2.24, 2.45) is 4.99 Å². The number of nitrogens with zero attached hydrogens (tertiary/aromatic N) is 3. The molecule has 1 atom stereocenters. The number of fused-ring (bicyclic) bond motifs is 4. The number of hydrogen-bond donors (Lipinski definition) is 0. The Morgan fingerprint density at radius 1 is 1.14 bits per heavy atom. The van der Waals surface area contributed by atoms with E-state index in [0.717, 1.165) is 27.7 Å². The van der Waals surface area contributed by atoms with E-state index in [-0.39, 0.29) is 0 Å². The van der Waals surface area contributed by atoms with Gasteiger partial charge in [0.05, 0.1) is 23.9 Å². The molecule has 1 spiro atoms. The van der Waals surface area contributed by atoms with Crippen molar-refractivity contribution < 1.29 is 14.3 Å². The standard InChI is InChI=1S/C23H21N3O3/c1-14-23(29-19-10-9-15-13-24-12-11-16(15)20(19)25-14)22(2,3)17-7-5-6-8-18(17)26(23)21(27)28-4/h5-13H,1-4H3. The number of benzene rings is 2. The van der Waals surface area contributed by atoms with Gasteiger partial charge in [-0.2, -0.15) is 0 Å². The van der Waals surface area contributed by atoms with Gasteiger partial charge in [-0.25, -0.2) is 14.7 Å². The largest absolute Gasteiger partial charge is 0.459 e. The highest BCUT2D eigenvalue weighted by atomic mass is 16.6. The van der Waals surface area contributed by atoms with Crippen molar-refractivity contribution in [1.29, 1.82) is 0 Å². The van der Waals surface area contributed by atoms with Gasteiger partial charge in [-0.05, 0) is 50.6 Å². The van der Waals surface area contributed by atoms with Gasteiger partial charge < -0.3 is 9.47 Å². The highest BCUT2D eigenvalue weighted by molar-refractivity contribution is 6.10. The van der Waals surface area contributed by atoms with E-state index in [2.05, 4.69) is 18.8 Å². The molecule has 1 unspecified atom stereocenters. The molecule has 29 heavy (non-hydrogen) atoms. The molecule has 3 heterocycles. The van der Waals surface area contributed by atoms with E-state index >= 15 is 0 Å². The van der Waals surface area contributed by atoms with Crippen LogP contribution in [0.3, 0.4) is 0 Å². The lowest BCUT2D eigenvalue weighted by molar-refractivity contribution is 0.0670. The van der Waals surface area contributed by atoms with E-state index in [1.54, 1.807) is 17.3 Å². The zero-order valence-corrected chi connectivity index (χ0v) is 16.8. The Hall–Kier alpha value is -3.41. The van der Waals surface area contributed by atoms with Crippen molar-refractivity contribution in [3.8, 4) is 5.75 Å². The predicted octanol–water partition coefficient (Wildman–Crippen LogP) is 4.98. The van der Waals surface area contributed by atoms with Crippen LogP contribution in [0.5, 0.6) is 5.75 Å². The maximum Gasteiger partial charge on any atom is 0.417 e. The highest BCUT2D eigenvalue weighted by Crippen LogP contribution is 2.56. The second kappa shape index (κ2) is 5.80. The number of para-hydroxylation sites is 1. The maximum absolute atomic E-state index is 13.0. The lowest BCUT2D eigenvalue weighted by Crippen LogP contribution is -2.66. The summed E-state index contributed by atoms with van der Waals surface area (Å²) in [6.45, 7) is 6.06. The molecule has 5 rings (SSSR count). The monoisotopic (exact) mass is 387 g/mol. The Morgan fingerprint density at radius 2 is 1.93 bits per heavy atom. The van der Waals surface area contributed by atoms with Crippen LogP contribution in [0.15, 0.2) is 59.9 Å². The van der Waals surface area contributed by atoms with Gasteiger partial charge in [0.15, 0.2) is 0 Å². The van der Waals surface area contributed by atoms with E-state index < -0.39 is 17.2 Å². The molecule has 0 bridgehead atoms. The molecular formula is C23H21N3O3. The van der Waals surface area contributed by atoms with Crippen LogP contribution in [0.1, 0.15) is 26.3 Å². The Balaban J connectivity index is 1.80. The second-order valence-corrected chi connectivity index (χ2v) is 7.90. The Kier molecular flexibility index (Phi) is 3.53. The summed E-state index contributed by atoms with van der Waals surface area (Å²) >= 11 is 0. The lowest BCUT2D eigenvalue weighted by Gasteiger charge is -2.47. The first kappa shape index (κ1) is 17.7. The normalized spacial score (nSPS) is 21.4. The Morgan fingerprint density at radius 3 is 2.72 bits per heavy atom. The van der Waals surface area contributed by atoms with Crippen molar-refractivity contribution in [3.63, 3.8) is 0 Å². The van der Waals surface area contributed by atoms with Gasteiger partial charge in [-0.15, -0.1) is 0 Å². The minimum Gasteiger partial charge on any atom is -0.459 e. The third kappa shape index (κ3) is 2.08. The van der Waals surface area contributed by atoms with Gasteiger partial charge in [-0.3, -0.25) is 4.98 Å². The zero-order valence-electron chi connectivity index (χ0n) is 16.8. The third-order valence-corrected chi connectivity index (χ3v) is 6.12. The number of amides is 1. The van der Waals surface area contributed by atoms with Crippen LogP contribution in [-0.2, 0) is 10.2 Å². The molecule has 6 heteroatoms. The van der Waals surface area contributed by atoms with E-state index in [4.69, 9.17) is 14.5 Å². The van der Waals surface area contributed by atoms with E-state index in [1.165, 1.54) is 7.11 Å². The minimum absolute atomic E-state index is 0.481. The summed E-state index contributed by atoms with van der Waals surface area (Å²) in [5.41, 5.74) is 1.54. The minimum atomic E-state index is -1.13. The number of rotatable bonds is 0. The zero-order chi connectivity index (χ0) is 20.4. The molecule has 0 saturated heterocycles. The molecule has 1 amide bonds. The fourth-order valence-electron chi connectivity index (χ4n) is 4.74. The van der Waals surface area contributed by atoms with Crippen molar-refractivity contribution in [1.82, 2.24) is 4.98 Å². The fourth-order valence-corrected chi connectivity index (χ4v) is 4.74. The van der Waals surface area contributed by atoms with Gasteiger partial charge in [0.25, 0.3) is 0 Å². The molecule has 2 aliphatic rings. The fraction of sp³-hybridized carbons (Fsp3) is 0.261.